The number of Topliss-reactive ketones (excluding diaryl/α,β-unsaturated/α-hetero) is 1. The van der Waals surface area contributed by atoms with Crippen LogP contribution < -0.4 is 10.5 Å². The first kappa shape index (κ1) is 21.4. The lowest BCUT2D eigenvalue weighted by molar-refractivity contribution is 0.101. The fourth-order valence-electron chi connectivity index (χ4n) is 3.46. The lowest BCUT2D eigenvalue weighted by Crippen LogP contribution is -2.04. The fourth-order valence-corrected chi connectivity index (χ4v) is 3.46. The minimum Gasteiger partial charge on any atom is -0.507 e. The summed E-state index contributed by atoms with van der Waals surface area (Å²) in [5.74, 6) is 0.369. The maximum Gasteiger partial charge on any atom is 0.163 e. The molecular formula is C25H27NO4. The Morgan fingerprint density at radius 2 is 1.77 bits per heavy atom. The second-order valence-electron chi connectivity index (χ2n) is 7.35. The number of phenolic OH excluding ortho intramolecular Hbond substituents is 1. The molecule has 4 N–H and O–H groups in total. The molecule has 0 fully saturated rings. The SMILES string of the molecule is CCCc1c(OCc2cccc(C(O)c3cccc(N)c3)c2)ccc(C(C)=O)c1O. The average Bonchev–Trinajstić information content (AvgIpc) is 2.73. The molecule has 0 aliphatic carbocycles. The maximum absolute atomic E-state index is 11.7. The molecule has 5 heteroatoms. The van der Waals surface area contributed by atoms with Gasteiger partial charge in [-0.15, -0.1) is 0 Å². The molecule has 0 aliphatic rings. The van der Waals surface area contributed by atoms with Gasteiger partial charge in [-0.1, -0.05) is 43.7 Å². The number of carbonyl (C=O) groups is 1. The molecule has 0 aliphatic heterocycles. The van der Waals surface area contributed by atoms with E-state index in [-0.39, 0.29) is 18.1 Å². The molecule has 30 heavy (non-hydrogen) atoms. The third-order valence-corrected chi connectivity index (χ3v) is 5.01. The van der Waals surface area contributed by atoms with Crippen molar-refractivity contribution in [2.45, 2.75) is 39.4 Å². The van der Waals surface area contributed by atoms with Crippen LogP contribution in [-0.4, -0.2) is 16.0 Å². The number of aliphatic hydroxyl groups is 1. The standard InChI is InChI=1S/C25H27NO4/c1-3-6-22-23(12-11-21(16(2)27)25(22)29)30-15-17-7-4-8-18(13-17)24(28)19-9-5-10-20(26)14-19/h4-5,7-14,24,28-29H,3,6,15,26H2,1-2H3. The van der Waals surface area contributed by atoms with Crippen molar-refractivity contribution < 1.29 is 19.7 Å². The molecule has 3 rings (SSSR count). The van der Waals surface area contributed by atoms with E-state index in [1.165, 1.54) is 6.92 Å². The molecule has 0 spiro atoms. The first-order valence-corrected chi connectivity index (χ1v) is 10.0. The van der Waals surface area contributed by atoms with Gasteiger partial charge < -0.3 is 20.7 Å². The maximum atomic E-state index is 11.7. The first-order valence-electron chi connectivity index (χ1n) is 10.0. The molecule has 0 bridgehead atoms. The third kappa shape index (κ3) is 4.81. The van der Waals surface area contributed by atoms with Gasteiger partial charge in [0.25, 0.3) is 0 Å². The van der Waals surface area contributed by atoms with Gasteiger partial charge in [0.15, 0.2) is 5.78 Å². The van der Waals surface area contributed by atoms with E-state index in [1.54, 1.807) is 24.3 Å². The minimum absolute atomic E-state index is 0.00677. The van der Waals surface area contributed by atoms with E-state index in [4.69, 9.17) is 10.5 Å². The molecule has 3 aromatic rings. The number of nitrogen functional groups attached to an aromatic ring is 1. The number of hydrogen-bond acceptors (Lipinski definition) is 5. The van der Waals surface area contributed by atoms with Crippen LogP contribution in [0.4, 0.5) is 5.69 Å². The number of rotatable bonds is 8. The van der Waals surface area contributed by atoms with Crippen LogP contribution in [0.25, 0.3) is 0 Å². The van der Waals surface area contributed by atoms with Crippen molar-refractivity contribution in [2.24, 2.45) is 0 Å². The van der Waals surface area contributed by atoms with Gasteiger partial charge in [0.2, 0.25) is 0 Å². The van der Waals surface area contributed by atoms with Crippen molar-refractivity contribution in [3.05, 3.63) is 88.5 Å². The Bertz CT molecular complexity index is 1050. The average molecular weight is 405 g/mol. The summed E-state index contributed by atoms with van der Waals surface area (Å²) < 4.78 is 5.98. The number of aliphatic hydroxyl groups excluding tert-OH is 1. The van der Waals surface area contributed by atoms with Crippen LogP contribution in [0, 0.1) is 0 Å². The summed E-state index contributed by atoms with van der Waals surface area (Å²) in [7, 11) is 0. The number of carbonyl (C=O) groups excluding carboxylic acids is 1. The van der Waals surface area contributed by atoms with Gasteiger partial charge >= 0.3 is 0 Å². The van der Waals surface area contributed by atoms with Crippen molar-refractivity contribution in [2.75, 3.05) is 5.73 Å². The number of nitrogens with two attached hydrogens (primary N) is 1. The topological polar surface area (TPSA) is 92.8 Å². The Morgan fingerprint density at radius 3 is 2.43 bits per heavy atom. The largest absolute Gasteiger partial charge is 0.507 e. The van der Waals surface area contributed by atoms with Crippen LogP contribution in [0.1, 0.15) is 59.0 Å². The summed E-state index contributed by atoms with van der Waals surface area (Å²) in [4.78, 5) is 11.7. The van der Waals surface area contributed by atoms with Crippen LogP contribution in [0.2, 0.25) is 0 Å². The zero-order chi connectivity index (χ0) is 21.7. The molecule has 0 radical (unpaired) electrons. The number of ether oxygens (including phenoxy) is 1. The van der Waals surface area contributed by atoms with Crippen molar-refractivity contribution in [1.82, 2.24) is 0 Å². The zero-order valence-electron chi connectivity index (χ0n) is 17.3. The molecule has 156 valence electrons. The predicted molar refractivity (Wildman–Crippen MR) is 118 cm³/mol. The van der Waals surface area contributed by atoms with Gasteiger partial charge in [-0.05, 0) is 60.4 Å². The summed E-state index contributed by atoms with van der Waals surface area (Å²) in [6.45, 7) is 3.71. The highest BCUT2D eigenvalue weighted by Gasteiger charge is 2.16. The number of anilines is 1. The Balaban J connectivity index is 1.81. The van der Waals surface area contributed by atoms with Crippen molar-refractivity contribution in [1.29, 1.82) is 0 Å². The van der Waals surface area contributed by atoms with E-state index in [0.29, 0.717) is 29.0 Å². The van der Waals surface area contributed by atoms with Crippen molar-refractivity contribution in [3.8, 4) is 11.5 Å². The van der Waals surface area contributed by atoms with Gasteiger partial charge in [-0.2, -0.15) is 0 Å². The Morgan fingerprint density at radius 1 is 1.07 bits per heavy atom. The fraction of sp³-hybridized carbons (Fsp3) is 0.240. The lowest BCUT2D eigenvalue weighted by atomic mass is 9.99. The van der Waals surface area contributed by atoms with Gasteiger partial charge in [-0.3, -0.25) is 4.79 Å². The number of ketones is 1. The van der Waals surface area contributed by atoms with Crippen LogP contribution in [0.5, 0.6) is 11.5 Å². The van der Waals surface area contributed by atoms with Gasteiger partial charge in [0.1, 0.15) is 24.2 Å². The molecule has 0 saturated heterocycles. The Kier molecular flexibility index (Phi) is 6.75. The van der Waals surface area contributed by atoms with Gasteiger partial charge in [-0.25, -0.2) is 0 Å². The highest BCUT2D eigenvalue weighted by molar-refractivity contribution is 5.97. The van der Waals surface area contributed by atoms with E-state index in [2.05, 4.69) is 0 Å². The second-order valence-corrected chi connectivity index (χ2v) is 7.35. The van der Waals surface area contributed by atoms with Crippen molar-refractivity contribution in [3.63, 3.8) is 0 Å². The quantitative estimate of drug-likeness (QED) is 0.370. The van der Waals surface area contributed by atoms with E-state index in [0.717, 1.165) is 23.1 Å². The molecule has 3 aromatic carbocycles. The molecule has 1 atom stereocenters. The Labute approximate surface area is 176 Å². The highest BCUT2D eigenvalue weighted by Crippen LogP contribution is 2.33. The number of aromatic hydroxyl groups is 1. The first-order chi connectivity index (χ1) is 14.4. The number of benzene rings is 3. The lowest BCUT2D eigenvalue weighted by Gasteiger charge is -2.16. The van der Waals surface area contributed by atoms with Crippen LogP contribution in [-0.2, 0) is 13.0 Å². The highest BCUT2D eigenvalue weighted by atomic mass is 16.5. The summed E-state index contributed by atoms with van der Waals surface area (Å²) in [6.07, 6.45) is 0.631. The molecule has 0 aromatic heterocycles. The van der Waals surface area contributed by atoms with Gasteiger partial charge in [0, 0.05) is 11.3 Å². The van der Waals surface area contributed by atoms with E-state index in [9.17, 15) is 15.0 Å². The zero-order valence-corrected chi connectivity index (χ0v) is 17.3. The summed E-state index contributed by atoms with van der Waals surface area (Å²) in [5, 5.41) is 21.2. The molecule has 0 amide bonds. The molecule has 5 nitrogen and oxygen atoms in total. The van der Waals surface area contributed by atoms with Crippen LogP contribution in [0.3, 0.4) is 0 Å². The minimum atomic E-state index is -0.789. The van der Waals surface area contributed by atoms with Crippen LogP contribution in [0.15, 0.2) is 60.7 Å². The van der Waals surface area contributed by atoms with E-state index in [1.807, 2.05) is 43.3 Å². The number of phenols is 1. The van der Waals surface area contributed by atoms with Gasteiger partial charge in [0.05, 0.1) is 5.56 Å². The Hall–Kier alpha value is -3.31. The van der Waals surface area contributed by atoms with E-state index >= 15 is 0 Å². The molecule has 0 heterocycles. The molecule has 1 unspecified atom stereocenters. The normalized spacial score (nSPS) is 11.8. The van der Waals surface area contributed by atoms with E-state index < -0.39 is 6.10 Å². The molecular weight excluding hydrogens is 378 g/mol. The summed E-state index contributed by atoms with van der Waals surface area (Å²) in [6, 6.07) is 18.0. The molecule has 0 saturated carbocycles. The monoisotopic (exact) mass is 405 g/mol. The number of hydrogen-bond donors (Lipinski definition) is 3. The summed E-state index contributed by atoms with van der Waals surface area (Å²) in [5.41, 5.74) is 9.72. The second kappa shape index (κ2) is 9.46. The van der Waals surface area contributed by atoms with Crippen molar-refractivity contribution >= 4 is 11.5 Å². The third-order valence-electron chi connectivity index (χ3n) is 5.01. The van der Waals surface area contributed by atoms with Crippen LogP contribution >= 0.6 is 0 Å². The summed E-state index contributed by atoms with van der Waals surface area (Å²) >= 11 is 0. The predicted octanol–water partition coefficient (Wildman–Crippen LogP) is 4.79. The smallest absolute Gasteiger partial charge is 0.163 e.